The van der Waals surface area contributed by atoms with Crippen molar-refractivity contribution < 1.29 is 4.79 Å². The predicted molar refractivity (Wildman–Crippen MR) is 53.4 cm³/mol. The van der Waals surface area contributed by atoms with Crippen molar-refractivity contribution in [1.29, 1.82) is 0 Å². The molecule has 1 saturated carbocycles. The number of rotatable bonds is 0. The maximum atomic E-state index is 11.3. The maximum absolute atomic E-state index is 11.3. The monoisotopic (exact) mass is 178 g/mol. The lowest BCUT2D eigenvalue weighted by Gasteiger charge is -2.40. The molecule has 0 N–H and O–H groups in total. The first-order chi connectivity index (χ1) is 6.10. The molecule has 2 aliphatic rings. The first-order valence-corrected chi connectivity index (χ1v) is 5.33. The standard InChI is InChI=1S/C12H18O/c1-9-3-5-12(2)6-4-11(13)8-10(12)7-9/h7,9H,3-6,8H2,1-2H3/t9-,12-/m1/s1. The lowest BCUT2D eigenvalue weighted by molar-refractivity contribution is -0.120. The fourth-order valence-electron chi connectivity index (χ4n) is 2.61. The molecule has 13 heavy (non-hydrogen) atoms. The predicted octanol–water partition coefficient (Wildman–Crippen LogP) is 3.10. The van der Waals surface area contributed by atoms with Gasteiger partial charge in [-0.15, -0.1) is 0 Å². The third-order valence-corrected chi connectivity index (χ3v) is 3.76. The molecule has 0 heterocycles. The number of hydrogen-bond donors (Lipinski definition) is 0. The molecule has 0 aromatic rings. The van der Waals surface area contributed by atoms with E-state index < -0.39 is 0 Å². The van der Waals surface area contributed by atoms with Crippen LogP contribution in [-0.4, -0.2) is 5.78 Å². The van der Waals surface area contributed by atoms with Gasteiger partial charge in [0.15, 0.2) is 0 Å². The smallest absolute Gasteiger partial charge is 0.136 e. The number of Topliss-reactive ketones (excluding diaryl/α,β-unsaturated/α-hetero) is 1. The van der Waals surface area contributed by atoms with Gasteiger partial charge in [-0.3, -0.25) is 4.79 Å². The van der Waals surface area contributed by atoms with Crippen LogP contribution < -0.4 is 0 Å². The number of carbonyl (C=O) groups is 1. The summed E-state index contributed by atoms with van der Waals surface area (Å²) in [4.78, 5) is 11.3. The van der Waals surface area contributed by atoms with Crippen molar-refractivity contribution in [1.82, 2.24) is 0 Å². The van der Waals surface area contributed by atoms with Gasteiger partial charge < -0.3 is 0 Å². The molecule has 0 aliphatic heterocycles. The number of ketones is 1. The first kappa shape index (κ1) is 8.98. The molecule has 0 unspecified atom stereocenters. The molecule has 0 radical (unpaired) electrons. The van der Waals surface area contributed by atoms with E-state index in [4.69, 9.17) is 0 Å². The lowest BCUT2D eigenvalue weighted by Crippen LogP contribution is -2.30. The van der Waals surface area contributed by atoms with Crippen molar-refractivity contribution in [2.24, 2.45) is 11.3 Å². The molecule has 2 atom stereocenters. The van der Waals surface area contributed by atoms with E-state index in [-0.39, 0.29) is 0 Å². The number of carbonyl (C=O) groups excluding carboxylic acids is 1. The molecular weight excluding hydrogens is 160 g/mol. The number of hydrogen-bond acceptors (Lipinski definition) is 1. The first-order valence-electron chi connectivity index (χ1n) is 5.33. The lowest BCUT2D eigenvalue weighted by atomic mass is 9.64. The summed E-state index contributed by atoms with van der Waals surface area (Å²) in [6.07, 6.45) is 7.56. The Balaban J connectivity index is 2.27. The molecule has 1 nitrogen and oxygen atoms in total. The summed E-state index contributed by atoms with van der Waals surface area (Å²) < 4.78 is 0. The third-order valence-electron chi connectivity index (χ3n) is 3.76. The Bertz CT molecular complexity index is 264. The summed E-state index contributed by atoms with van der Waals surface area (Å²) >= 11 is 0. The van der Waals surface area contributed by atoms with Gasteiger partial charge in [-0.1, -0.05) is 25.5 Å². The quantitative estimate of drug-likeness (QED) is 0.521. The van der Waals surface area contributed by atoms with Crippen molar-refractivity contribution >= 4 is 5.78 Å². The van der Waals surface area contributed by atoms with Crippen LogP contribution in [0.5, 0.6) is 0 Å². The van der Waals surface area contributed by atoms with E-state index in [0.717, 1.165) is 19.3 Å². The Morgan fingerprint density at radius 3 is 3.00 bits per heavy atom. The maximum Gasteiger partial charge on any atom is 0.136 e. The highest BCUT2D eigenvalue weighted by atomic mass is 16.1. The van der Waals surface area contributed by atoms with E-state index in [1.54, 1.807) is 0 Å². The summed E-state index contributed by atoms with van der Waals surface area (Å²) in [5.74, 6) is 1.13. The Morgan fingerprint density at radius 2 is 2.23 bits per heavy atom. The zero-order chi connectivity index (χ0) is 9.47. The molecule has 2 aliphatic carbocycles. The molecule has 0 amide bonds. The number of allylic oxidation sites excluding steroid dienone is 2. The van der Waals surface area contributed by atoms with Crippen LogP contribution in [0, 0.1) is 11.3 Å². The van der Waals surface area contributed by atoms with E-state index in [1.165, 1.54) is 18.4 Å². The molecule has 1 heteroatoms. The summed E-state index contributed by atoms with van der Waals surface area (Å²) in [6.45, 7) is 4.59. The highest BCUT2D eigenvalue weighted by Crippen LogP contribution is 2.47. The van der Waals surface area contributed by atoms with Crippen LogP contribution in [0.3, 0.4) is 0 Å². The minimum Gasteiger partial charge on any atom is -0.299 e. The van der Waals surface area contributed by atoms with Crippen molar-refractivity contribution in [2.45, 2.75) is 46.0 Å². The van der Waals surface area contributed by atoms with E-state index >= 15 is 0 Å². The van der Waals surface area contributed by atoms with Crippen molar-refractivity contribution in [2.75, 3.05) is 0 Å². The van der Waals surface area contributed by atoms with Gasteiger partial charge in [0.25, 0.3) is 0 Å². The second kappa shape index (κ2) is 2.97. The van der Waals surface area contributed by atoms with Crippen LogP contribution in [0.15, 0.2) is 11.6 Å². The topological polar surface area (TPSA) is 17.1 Å². The zero-order valence-corrected chi connectivity index (χ0v) is 8.60. The van der Waals surface area contributed by atoms with Crippen molar-refractivity contribution in [3.63, 3.8) is 0 Å². The van der Waals surface area contributed by atoms with Gasteiger partial charge >= 0.3 is 0 Å². The molecule has 0 saturated heterocycles. The molecule has 2 rings (SSSR count). The average Bonchev–Trinajstić information content (AvgIpc) is 2.08. The van der Waals surface area contributed by atoms with Gasteiger partial charge in [0.05, 0.1) is 0 Å². The molecule has 1 fully saturated rings. The SMILES string of the molecule is C[C@H]1C=C2CC(=O)CC[C@@]2(C)CC1. The van der Waals surface area contributed by atoms with Crippen LogP contribution in [0.4, 0.5) is 0 Å². The Morgan fingerprint density at radius 1 is 1.46 bits per heavy atom. The highest BCUT2D eigenvalue weighted by molar-refractivity contribution is 5.82. The third kappa shape index (κ3) is 1.56. The van der Waals surface area contributed by atoms with Crippen LogP contribution in [0.1, 0.15) is 46.0 Å². The van der Waals surface area contributed by atoms with E-state index in [9.17, 15) is 4.79 Å². The normalized spacial score (nSPS) is 39.7. The number of fused-ring (bicyclic) bond motifs is 1. The minimum atomic E-state index is 0.375. The summed E-state index contributed by atoms with van der Waals surface area (Å²) in [7, 11) is 0. The Labute approximate surface area is 80.2 Å². The van der Waals surface area contributed by atoms with E-state index in [1.807, 2.05) is 0 Å². The van der Waals surface area contributed by atoms with Gasteiger partial charge in [-0.05, 0) is 30.6 Å². The highest BCUT2D eigenvalue weighted by Gasteiger charge is 2.36. The summed E-state index contributed by atoms with van der Waals surface area (Å²) in [5, 5.41) is 0. The molecule has 0 spiro atoms. The van der Waals surface area contributed by atoms with Gasteiger partial charge in [0.1, 0.15) is 5.78 Å². The van der Waals surface area contributed by atoms with Gasteiger partial charge in [-0.25, -0.2) is 0 Å². The van der Waals surface area contributed by atoms with Gasteiger partial charge in [0, 0.05) is 12.8 Å². The van der Waals surface area contributed by atoms with E-state index in [2.05, 4.69) is 19.9 Å². The van der Waals surface area contributed by atoms with Crippen molar-refractivity contribution in [3.8, 4) is 0 Å². The fourth-order valence-corrected chi connectivity index (χ4v) is 2.61. The van der Waals surface area contributed by atoms with Gasteiger partial charge in [0.2, 0.25) is 0 Å². The molecule has 72 valence electrons. The van der Waals surface area contributed by atoms with Crippen LogP contribution >= 0.6 is 0 Å². The van der Waals surface area contributed by atoms with Gasteiger partial charge in [-0.2, -0.15) is 0 Å². The fraction of sp³-hybridized carbons (Fsp3) is 0.750. The second-order valence-corrected chi connectivity index (χ2v) is 4.98. The van der Waals surface area contributed by atoms with Crippen LogP contribution in [0.2, 0.25) is 0 Å². The second-order valence-electron chi connectivity index (χ2n) is 4.98. The van der Waals surface area contributed by atoms with Crippen molar-refractivity contribution in [3.05, 3.63) is 11.6 Å². The Kier molecular flexibility index (Phi) is 2.05. The summed E-state index contributed by atoms with van der Waals surface area (Å²) in [5.41, 5.74) is 1.81. The molecule has 0 aromatic carbocycles. The largest absolute Gasteiger partial charge is 0.299 e. The Hall–Kier alpha value is -0.590. The van der Waals surface area contributed by atoms with E-state index in [0.29, 0.717) is 17.1 Å². The minimum absolute atomic E-state index is 0.375. The summed E-state index contributed by atoms with van der Waals surface area (Å²) in [6, 6.07) is 0. The average molecular weight is 178 g/mol. The van der Waals surface area contributed by atoms with Crippen LogP contribution in [-0.2, 0) is 4.79 Å². The van der Waals surface area contributed by atoms with Crippen LogP contribution in [0.25, 0.3) is 0 Å². The molecule has 0 aromatic heterocycles. The zero-order valence-electron chi connectivity index (χ0n) is 8.60. The molecule has 0 bridgehead atoms. The molecular formula is C12H18O.